The first-order chi connectivity index (χ1) is 12.6. The van der Waals surface area contributed by atoms with Crippen molar-refractivity contribution in [3.05, 3.63) is 22.4 Å². The van der Waals surface area contributed by atoms with E-state index in [2.05, 4.69) is 46.1 Å². The number of piperazine rings is 1. The van der Waals surface area contributed by atoms with Crippen LogP contribution in [0.1, 0.15) is 44.4 Å². The molecule has 6 heteroatoms. The van der Waals surface area contributed by atoms with Crippen molar-refractivity contribution in [2.24, 2.45) is 4.99 Å². The first kappa shape index (κ1) is 19.4. The summed E-state index contributed by atoms with van der Waals surface area (Å²) in [5.41, 5.74) is 0. The Morgan fingerprint density at radius 1 is 1.04 bits per heavy atom. The number of amidine groups is 1. The van der Waals surface area contributed by atoms with E-state index in [-0.39, 0.29) is 6.04 Å². The average Bonchev–Trinajstić information content (AvgIpc) is 3.02. The van der Waals surface area contributed by atoms with Crippen LogP contribution in [0, 0.1) is 0 Å². The number of carbonyl (C=O) groups is 1. The first-order valence-electron chi connectivity index (χ1n) is 10.0. The maximum absolute atomic E-state index is 12.6. The number of thiophene rings is 1. The number of likely N-dealkylation sites (tertiary alicyclic amines) is 1. The van der Waals surface area contributed by atoms with Crippen molar-refractivity contribution in [2.45, 2.75) is 45.6 Å². The summed E-state index contributed by atoms with van der Waals surface area (Å²) in [5, 5.41) is 2.11. The van der Waals surface area contributed by atoms with Crippen LogP contribution in [-0.2, 0) is 4.79 Å². The normalized spacial score (nSPS) is 20.5. The molecule has 0 N–H and O–H groups in total. The van der Waals surface area contributed by atoms with E-state index in [4.69, 9.17) is 4.99 Å². The number of hydrogen-bond donors (Lipinski definition) is 0. The van der Waals surface area contributed by atoms with E-state index < -0.39 is 0 Å². The highest BCUT2D eigenvalue weighted by Gasteiger charge is 2.24. The van der Waals surface area contributed by atoms with Crippen molar-refractivity contribution in [1.82, 2.24) is 14.7 Å². The second kappa shape index (κ2) is 9.51. The Kier molecular flexibility index (Phi) is 7.08. The summed E-state index contributed by atoms with van der Waals surface area (Å²) < 4.78 is 0. The lowest BCUT2D eigenvalue weighted by Gasteiger charge is -2.37. The Bertz CT molecular complexity index is 583. The molecule has 0 spiro atoms. The SMILES string of the molecule is CC(C)N=C(c1cccs1)N1CCN(CC(=O)N2CCCCCC2)CC1. The topological polar surface area (TPSA) is 39.1 Å². The van der Waals surface area contributed by atoms with Gasteiger partial charge in [0.05, 0.1) is 11.4 Å². The standard InChI is InChI=1S/C20H32N4OS/c1-17(2)21-20(18-8-7-15-26-18)24-13-11-22(12-14-24)16-19(25)23-9-5-3-4-6-10-23/h7-8,15,17H,3-6,9-14,16H2,1-2H3. The molecular formula is C20H32N4OS. The number of rotatable bonds is 4. The van der Waals surface area contributed by atoms with Gasteiger partial charge in [-0.05, 0) is 38.1 Å². The van der Waals surface area contributed by atoms with Crippen LogP contribution in [0.5, 0.6) is 0 Å². The van der Waals surface area contributed by atoms with Crippen LogP contribution in [0.2, 0.25) is 0 Å². The molecular weight excluding hydrogens is 344 g/mol. The molecule has 0 unspecified atom stereocenters. The second-order valence-corrected chi connectivity index (χ2v) is 8.53. The van der Waals surface area contributed by atoms with E-state index >= 15 is 0 Å². The van der Waals surface area contributed by atoms with Gasteiger partial charge in [-0.2, -0.15) is 0 Å². The molecule has 2 aliphatic heterocycles. The number of aliphatic imine (C=N–C) groups is 1. The molecule has 0 saturated carbocycles. The highest BCUT2D eigenvalue weighted by molar-refractivity contribution is 7.12. The summed E-state index contributed by atoms with van der Waals surface area (Å²) in [6, 6.07) is 4.53. The lowest BCUT2D eigenvalue weighted by molar-refractivity contribution is -0.132. The molecule has 1 aromatic heterocycles. The minimum absolute atomic E-state index is 0.287. The largest absolute Gasteiger partial charge is 0.353 e. The minimum atomic E-state index is 0.287. The molecule has 26 heavy (non-hydrogen) atoms. The summed E-state index contributed by atoms with van der Waals surface area (Å²) in [7, 11) is 0. The molecule has 3 heterocycles. The fraction of sp³-hybridized carbons (Fsp3) is 0.700. The van der Waals surface area contributed by atoms with Gasteiger partial charge in [0, 0.05) is 45.3 Å². The molecule has 2 aliphatic rings. The van der Waals surface area contributed by atoms with Crippen molar-refractivity contribution in [3.8, 4) is 0 Å². The third-order valence-electron chi connectivity index (χ3n) is 5.11. The van der Waals surface area contributed by atoms with Crippen LogP contribution >= 0.6 is 11.3 Å². The molecule has 144 valence electrons. The Hall–Kier alpha value is -1.40. The molecule has 5 nitrogen and oxygen atoms in total. The molecule has 2 saturated heterocycles. The highest BCUT2D eigenvalue weighted by atomic mass is 32.1. The predicted molar refractivity (Wildman–Crippen MR) is 109 cm³/mol. The Labute approximate surface area is 161 Å². The van der Waals surface area contributed by atoms with Gasteiger partial charge >= 0.3 is 0 Å². The maximum Gasteiger partial charge on any atom is 0.236 e. The second-order valence-electron chi connectivity index (χ2n) is 7.58. The van der Waals surface area contributed by atoms with Gasteiger partial charge in [-0.1, -0.05) is 18.9 Å². The molecule has 2 fully saturated rings. The van der Waals surface area contributed by atoms with Gasteiger partial charge in [0.1, 0.15) is 5.84 Å². The fourth-order valence-corrected chi connectivity index (χ4v) is 4.43. The van der Waals surface area contributed by atoms with Crippen LogP contribution in [-0.4, -0.2) is 78.3 Å². The van der Waals surface area contributed by atoms with Gasteiger partial charge in [0.25, 0.3) is 0 Å². The van der Waals surface area contributed by atoms with E-state index in [1.165, 1.54) is 17.7 Å². The zero-order valence-corrected chi connectivity index (χ0v) is 17.0. The van der Waals surface area contributed by atoms with E-state index in [9.17, 15) is 4.79 Å². The molecule has 1 aromatic rings. The zero-order chi connectivity index (χ0) is 18.4. The fourth-order valence-electron chi connectivity index (χ4n) is 3.68. The van der Waals surface area contributed by atoms with Crippen LogP contribution < -0.4 is 0 Å². The zero-order valence-electron chi connectivity index (χ0n) is 16.2. The summed E-state index contributed by atoms with van der Waals surface area (Å²) >= 11 is 1.75. The van der Waals surface area contributed by atoms with Gasteiger partial charge in [-0.3, -0.25) is 14.7 Å². The number of hydrogen-bond acceptors (Lipinski definition) is 4. The smallest absolute Gasteiger partial charge is 0.236 e. The van der Waals surface area contributed by atoms with Crippen LogP contribution in [0.25, 0.3) is 0 Å². The summed E-state index contributed by atoms with van der Waals surface area (Å²) in [5.74, 6) is 1.43. The van der Waals surface area contributed by atoms with Gasteiger partial charge in [-0.15, -0.1) is 11.3 Å². The third-order valence-corrected chi connectivity index (χ3v) is 5.98. The van der Waals surface area contributed by atoms with Gasteiger partial charge in [0.15, 0.2) is 0 Å². The first-order valence-corrected chi connectivity index (χ1v) is 10.9. The average molecular weight is 377 g/mol. The van der Waals surface area contributed by atoms with E-state index in [0.717, 1.165) is 57.9 Å². The molecule has 0 aliphatic carbocycles. The summed E-state index contributed by atoms with van der Waals surface area (Å²) in [6.07, 6.45) is 4.86. The van der Waals surface area contributed by atoms with Gasteiger partial charge < -0.3 is 9.80 Å². The Morgan fingerprint density at radius 3 is 2.31 bits per heavy atom. The van der Waals surface area contributed by atoms with E-state index in [1.54, 1.807) is 11.3 Å². The van der Waals surface area contributed by atoms with Crippen molar-refractivity contribution in [3.63, 3.8) is 0 Å². The maximum atomic E-state index is 12.6. The van der Waals surface area contributed by atoms with Gasteiger partial charge in [0.2, 0.25) is 5.91 Å². The van der Waals surface area contributed by atoms with Crippen molar-refractivity contribution < 1.29 is 4.79 Å². The summed E-state index contributed by atoms with van der Waals surface area (Å²) in [6.45, 7) is 10.5. The quantitative estimate of drug-likeness (QED) is 0.599. The molecule has 0 bridgehead atoms. The minimum Gasteiger partial charge on any atom is -0.353 e. The molecule has 0 radical (unpaired) electrons. The van der Waals surface area contributed by atoms with Crippen LogP contribution in [0.3, 0.4) is 0 Å². The summed E-state index contributed by atoms with van der Waals surface area (Å²) in [4.78, 5) is 25.5. The van der Waals surface area contributed by atoms with Gasteiger partial charge in [-0.25, -0.2) is 0 Å². The lowest BCUT2D eigenvalue weighted by Crippen LogP contribution is -2.51. The predicted octanol–water partition coefficient (Wildman–Crippen LogP) is 2.92. The monoisotopic (exact) mass is 376 g/mol. The highest BCUT2D eigenvalue weighted by Crippen LogP contribution is 2.16. The molecule has 0 aromatic carbocycles. The number of amides is 1. The lowest BCUT2D eigenvalue weighted by atomic mass is 10.2. The van der Waals surface area contributed by atoms with Crippen molar-refractivity contribution >= 4 is 23.1 Å². The molecule has 0 atom stereocenters. The Morgan fingerprint density at radius 2 is 1.73 bits per heavy atom. The van der Waals surface area contributed by atoms with E-state index in [1.807, 2.05) is 0 Å². The van der Waals surface area contributed by atoms with Crippen molar-refractivity contribution in [2.75, 3.05) is 45.8 Å². The third kappa shape index (κ3) is 5.30. The van der Waals surface area contributed by atoms with Crippen molar-refractivity contribution in [1.29, 1.82) is 0 Å². The molecule has 1 amide bonds. The van der Waals surface area contributed by atoms with Crippen LogP contribution in [0.4, 0.5) is 0 Å². The van der Waals surface area contributed by atoms with Crippen LogP contribution in [0.15, 0.2) is 22.5 Å². The van der Waals surface area contributed by atoms with E-state index in [0.29, 0.717) is 12.5 Å². The Balaban J connectivity index is 1.54. The number of carbonyl (C=O) groups excluding carboxylic acids is 1. The molecule has 3 rings (SSSR count). The number of nitrogens with zero attached hydrogens (tertiary/aromatic N) is 4.